The van der Waals surface area contributed by atoms with Crippen molar-refractivity contribution in [3.8, 4) is 11.5 Å². The van der Waals surface area contributed by atoms with Gasteiger partial charge in [-0.25, -0.2) is 0 Å². The first-order valence-electron chi connectivity index (χ1n) is 12.4. The van der Waals surface area contributed by atoms with Gasteiger partial charge in [0.05, 0.1) is 25.6 Å². The van der Waals surface area contributed by atoms with Gasteiger partial charge in [0.15, 0.2) is 11.5 Å². The molecule has 0 aliphatic heterocycles. The molecule has 0 bridgehead atoms. The van der Waals surface area contributed by atoms with E-state index in [4.69, 9.17) is 14.2 Å². The highest BCUT2D eigenvalue weighted by molar-refractivity contribution is 7.12. The number of nitrogens with zero attached hydrogens (tertiary/aromatic N) is 2. The van der Waals surface area contributed by atoms with E-state index in [0.717, 1.165) is 10.4 Å². The maximum atomic E-state index is 13.6. The minimum absolute atomic E-state index is 0.0269. The van der Waals surface area contributed by atoms with E-state index < -0.39 is 0 Å². The van der Waals surface area contributed by atoms with E-state index in [0.29, 0.717) is 62.1 Å². The lowest BCUT2D eigenvalue weighted by Crippen LogP contribution is -2.43. The highest BCUT2D eigenvalue weighted by Gasteiger charge is 2.23. The lowest BCUT2D eigenvalue weighted by atomic mass is 10.1. The number of hydrogen-bond acceptors (Lipinski definition) is 7. The average Bonchev–Trinajstić information content (AvgIpc) is 3.59. The first kappa shape index (κ1) is 28.7. The highest BCUT2D eigenvalue weighted by Crippen LogP contribution is 2.28. The number of carbonyl (C=O) groups excluding carboxylic acids is 2. The third-order valence-corrected chi connectivity index (χ3v) is 7.72. The Labute approximate surface area is 227 Å². The molecule has 0 aliphatic rings. The monoisotopic (exact) mass is 544 g/mol. The zero-order valence-corrected chi connectivity index (χ0v) is 23.7. The van der Waals surface area contributed by atoms with Crippen LogP contribution in [0.5, 0.6) is 11.5 Å². The molecule has 0 unspecified atom stereocenters. The summed E-state index contributed by atoms with van der Waals surface area (Å²) in [7, 11) is 3.22. The summed E-state index contributed by atoms with van der Waals surface area (Å²) in [6.45, 7) is 6.70. The molecule has 0 spiro atoms. The largest absolute Gasteiger partial charge is 0.493 e. The minimum atomic E-state index is -0.119. The van der Waals surface area contributed by atoms with Crippen LogP contribution in [-0.2, 0) is 22.5 Å². The number of thiophene rings is 2. The number of ether oxygens (including phenoxy) is 3. The standard InChI is InChI=1S/C28H36N2O5S2/c1-5-35-16-7-14-30(28(32)26-8-6-17-36-26)20-27(31)29(19-23-11-9-21(2)37-23)15-13-22-10-12-24(33-3)25(18-22)34-4/h6,8-12,17-18H,5,7,13-16,19-20H2,1-4H3. The molecule has 0 radical (unpaired) electrons. The molecule has 0 saturated heterocycles. The summed E-state index contributed by atoms with van der Waals surface area (Å²) in [4.78, 5) is 33.3. The van der Waals surface area contributed by atoms with E-state index in [9.17, 15) is 9.59 Å². The van der Waals surface area contributed by atoms with E-state index in [1.165, 1.54) is 16.2 Å². The number of methoxy groups -OCH3 is 2. The van der Waals surface area contributed by atoms with Crippen molar-refractivity contribution in [1.82, 2.24) is 9.80 Å². The minimum Gasteiger partial charge on any atom is -0.493 e. The molecule has 2 amide bonds. The van der Waals surface area contributed by atoms with Crippen LogP contribution >= 0.6 is 22.7 Å². The van der Waals surface area contributed by atoms with Gasteiger partial charge in [0.2, 0.25) is 5.91 Å². The SMILES string of the molecule is CCOCCCN(CC(=O)N(CCc1ccc(OC)c(OC)c1)Cc1ccc(C)s1)C(=O)c1cccs1. The maximum absolute atomic E-state index is 13.6. The van der Waals surface area contributed by atoms with Gasteiger partial charge >= 0.3 is 0 Å². The van der Waals surface area contributed by atoms with Crippen molar-refractivity contribution in [2.24, 2.45) is 0 Å². The van der Waals surface area contributed by atoms with Crippen molar-refractivity contribution in [3.05, 3.63) is 68.0 Å². The van der Waals surface area contributed by atoms with Crippen LogP contribution in [0.25, 0.3) is 0 Å². The molecule has 9 heteroatoms. The molecule has 3 aromatic rings. The topological polar surface area (TPSA) is 68.3 Å². The van der Waals surface area contributed by atoms with Gasteiger partial charge in [0.1, 0.15) is 6.54 Å². The summed E-state index contributed by atoms with van der Waals surface area (Å²) in [6, 6.07) is 13.6. The fraction of sp³-hybridized carbons (Fsp3) is 0.429. The third kappa shape index (κ3) is 8.59. The van der Waals surface area contributed by atoms with Crippen molar-refractivity contribution in [3.63, 3.8) is 0 Å². The van der Waals surface area contributed by atoms with E-state index in [2.05, 4.69) is 19.1 Å². The van der Waals surface area contributed by atoms with Gasteiger partial charge in [-0.15, -0.1) is 22.7 Å². The van der Waals surface area contributed by atoms with E-state index >= 15 is 0 Å². The summed E-state index contributed by atoms with van der Waals surface area (Å²) in [5, 5.41) is 1.88. The highest BCUT2D eigenvalue weighted by atomic mass is 32.1. The van der Waals surface area contributed by atoms with Crippen molar-refractivity contribution in [2.75, 3.05) is 47.1 Å². The number of hydrogen-bond donors (Lipinski definition) is 0. The van der Waals surface area contributed by atoms with Crippen LogP contribution in [0.15, 0.2) is 47.8 Å². The maximum Gasteiger partial charge on any atom is 0.264 e. The summed E-state index contributed by atoms with van der Waals surface area (Å²) in [5.74, 6) is 1.14. The fourth-order valence-corrected chi connectivity index (χ4v) is 5.52. The van der Waals surface area contributed by atoms with Gasteiger partial charge in [0.25, 0.3) is 5.91 Å². The molecule has 0 fully saturated rings. The van der Waals surface area contributed by atoms with Crippen LogP contribution in [0.2, 0.25) is 0 Å². The van der Waals surface area contributed by atoms with Crippen molar-refractivity contribution >= 4 is 34.5 Å². The summed E-state index contributed by atoms with van der Waals surface area (Å²) in [5.41, 5.74) is 1.04. The van der Waals surface area contributed by atoms with Crippen molar-refractivity contribution in [1.29, 1.82) is 0 Å². The normalized spacial score (nSPS) is 10.8. The summed E-state index contributed by atoms with van der Waals surface area (Å²) in [6.07, 6.45) is 1.33. The molecule has 0 atom stereocenters. The molecule has 0 N–H and O–H groups in total. The lowest BCUT2D eigenvalue weighted by molar-refractivity contribution is -0.132. The van der Waals surface area contributed by atoms with Gasteiger partial charge in [-0.05, 0) is 68.0 Å². The molecular formula is C28H36N2O5S2. The summed E-state index contributed by atoms with van der Waals surface area (Å²) < 4.78 is 16.3. The first-order chi connectivity index (χ1) is 17.9. The Kier molecular flexibility index (Phi) is 11.4. The second-order valence-electron chi connectivity index (χ2n) is 8.52. The second kappa shape index (κ2) is 14.8. The molecule has 200 valence electrons. The van der Waals surface area contributed by atoms with Crippen LogP contribution in [0.3, 0.4) is 0 Å². The number of amides is 2. The molecule has 2 aromatic heterocycles. The Balaban J connectivity index is 1.75. The molecule has 2 heterocycles. The van der Waals surface area contributed by atoms with Gasteiger partial charge in [0, 0.05) is 36.1 Å². The Bertz CT molecular complexity index is 1130. The number of rotatable bonds is 15. The van der Waals surface area contributed by atoms with Gasteiger partial charge in [-0.3, -0.25) is 9.59 Å². The molecular weight excluding hydrogens is 508 g/mol. The molecule has 7 nitrogen and oxygen atoms in total. The molecule has 37 heavy (non-hydrogen) atoms. The molecule has 0 saturated carbocycles. The van der Waals surface area contributed by atoms with Crippen LogP contribution in [0.1, 0.15) is 38.3 Å². The third-order valence-electron chi connectivity index (χ3n) is 5.88. The Hall–Kier alpha value is -2.88. The van der Waals surface area contributed by atoms with Crippen LogP contribution in [-0.4, -0.2) is 68.7 Å². The number of carbonyl (C=O) groups is 2. The smallest absolute Gasteiger partial charge is 0.264 e. The number of benzene rings is 1. The van der Waals surface area contributed by atoms with E-state index in [-0.39, 0.29) is 18.4 Å². The van der Waals surface area contributed by atoms with Crippen molar-refractivity contribution in [2.45, 2.75) is 33.2 Å². The predicted octanol–water partition coefficient (Wildman–Crippen LogP) is 5.28. The average molecular weight is 545 g/mol. The fourth-order valence-electron chi connectivity index (χ4n) is 3.92. The van der Waals surface area contributed by atoms with Gasteiger partial charge < -0.3 is 24.0 Å². The molecule has 3 rings (SSSR count). The Morgan fingerprint density at radius 2 is 1.78 bits per heavy atom. The summed E-state index contributed by atoms with van der Waals surface area (Å²) >= 11 is 3.07. The van der Waals surface area contributed by atoms with E-state index in [1.807, 2.05) is 41.5 Å². The lowest BCUT2D eigenvalue weighted by Gasteiger charge is -2.27. The van der Waals surface area contributed by atoms with Crippen LogP contribution in [0.4, 0.5) is 0 Å². The second-order valence-corrected chi connectivity index (χ2v) is 10.8. The van der Waals surface area contributed by atoms with Crippen LogP contribution in [0, 0.1) is 6.92 Å². The van der Waals surface area contributed by atoms with Crippen molar-refractivity contribution < 1.29 is 23.8 Å². The quantitative estimate of drug-likeness (QED) is 0.244. The van der Waals surface area contributed by atoms with Gasteiger partial charge in [-0.1, -0.05) is 12.1 Å². The first-order valence-corrected chi connectivity index (χ1v) is 14.1. The zero-order valence-electron chi connectivity index (χ0n) is 22.0. The van der Waals surface area contributed by atoms with E-state index in [1.54, 1.807) is 36.5 Å². The Morgan fingerprint density at radius 1 is 0.973 bits per heavy atom. The zero-order chi connectivity index (χ0) is 26.6. The van der Waals surface area contributed by atoms with Crippen LogP contribution < -0.4 is 9.47 Å². The predicted molar refractivity (Wildman–Crippen MR) is 149 cm³/mol. The molecule has 0 aliphatic carbocycles. The molecule has 1 aromatic carbocycles. The van der Waals surface area contributed by atoms with Gasteiger partial charge in [-0.2, -0.15) is 0 Å². The Morgan fingerprint density at radius 3 is 2.43 bits per heavy atom. The number of aryl methyl sites for hydroxylation is 1.